The number of allylic oxidation sites excluding steroid dienone is 2. The second-order valence-corrected chi connectivity index (χ2v) is 15.7. The normalized spacial score (nSPS) is 14.4. The summed E-state index contributed by atoms with van der Waals surface area (Å²) in [6, 6.07) is 0. The Morgan fingerprint density at radius 3 is 1.49 bits per heavy atom. The highest BCUT2D eigenvalue weighted by Crippen LogP contribution is 2.38. The van der Waals surface area contributed by atoms with Gasteiger partial charge in [-0.25, -0.2) is 0 Å². The van der Waals surface area contributed by atoms with Crippen molar-refractivity contribution < 1.29 is 61.6 Å². The lowest BCUT2D eigenvalue weighted by atomic mass is 10.1. The van der Waals surface area contributed by atoms with Gasteiger partial charge in [0.1, 0.15) is 12.7 Å². The van der Waals surface area contributed by atoms with Gasteiger partial charge in [0.25, 0.3) is 7.82 Å². The van der Waals surface area contributed by atoms with E-state index in [9.17, 15) is 38.5 Å². The van der Waals surface area contributed by atoms with E-state index in [1.165, 1.54) is 70.6 Å². The quantitative estimate of drug-likeness (QED) is 0.0290. The second-order valence-electron chi connectivity index (χ2n) is 13.1. The molecule has 0 aliphatic heterocycles. The summed E-state index contributed by atoms with van der Waals surface area (Å²) < 4.78 is 46.6. The molecule has 1 unspecified atom stereocenters. The van der Waals surface area contributed by atoms with Crippen LogP contribution in [0.5, 0.6) is 0 Å². The number of esters is 2. The number of carbonyl (C=O) groups excluding carboxylic acids is 2. The van der Waals surface area contributed by atoms with Crippen LogP contribution in [0.2, 0.25) is 0 Å². The predicted octanol–water partition coefficient (Wildman–Crippen LogP) is 7.11. The van der Waals surface area contributed by atoms with Crippen molar-refractivity contribution >= 4 is 27.6 Å². The molecular weight excluding hydrogens is 702 g/mol. The molecule has 0 fully saturated rings. The first-order valence-electron chi connectivity index (χ1n) is 19.3. The zero-order valence-electron chi connectivity index (χ0n) is 31.3. The molecular formula is C36H67O13P2-3. The smallest absolute Gasteiger partial charge is 0.306 e. The van der Waals surface area contributed by atoms with E-state index in [4.69, 9.17) is 14.0 Å². The number of phosphoric ester groups is 2. The summed E-state index contributed by atoms with van der Waals surface area (Å²) in [4.78, 5) is 58.2. The monoisotopic (exact) mass is 769 g/mol. The molecule has 0 aromatic carbocycles. The summed E-state index contributed by atoms with van der Waals surface area (Å²) >= 11 is 0. The number of unbranched alkanes of at least 4 members (excludes halogenated alkanes) is 19. The molecule has 0 bridgehead atoms. The van der Waals surface area contributed by atoms with E-state index in [0.717, 1.165) is 57.8 Å². The number of hydrogen-bond donors (Lipinski definition) is 1. The fraction of sp³-hybridized carbons (Fsp3) is 0.889. The van der Waals surface area contributed by atoms with Crippen LogP contribution in [0, 0.1) is 0 Å². The Labute approximate surface area is 307 Å². The molecule has 3 atom stereocenters. The minimum atomic E-state index is -5.37. The molecule has 0 saturated carbocycles. The fourth-order valence-electron chi connectivity index (χ4n) is 5.15. The molecule has 13 nitrogen and oxygen atoms in total. The van der Waals surface area contributed by atoms with E-state index in [0.29, 0.717) is 12.8 Å². The fourth-order valence-corrected chi connectivity index (χ4v) is 6.29. The van der Waals surface area contributed by atoms with Crippen LogP contribution in [0.25, 0.3) is 0 Å². The Morgan fingerprint density at radius 2 is 0.980 bits per heavy atom. The van der Waals surface area contributed by atoms with Crippen molar-refractivity contribution in [3.63, 3.8) is 0 Å². The predicted molar refractivity (Wildman–Crippen MR) is 191 cm³/mol. The van der Waals surface area contributed by atoms with E-state index >= 15 is 0 Å². The highest BCUT2D eigenvalue weighted by molar-refractivity contribution is 7.45. The Morgan fingerprint density at radius 1 is 0.569 bits per heavy atom. The van der Waals surface area contributed by atoms with Gasteiger partial charge in [-0.05, 0) is 38.5 Å². The standard InChI is InChI=1S/C36H70O13P2/c1-3-5-7-9-11-13-15-16-18-20-22-24-26-28-36(39)49-34(32-48-51(43,44)47-30-33(37)29-46-50(40,41)42)31-45-35(38)27-25-23-21-19-17-14-12-10-8-6-4-2/h13,15,33-34,37H,3-12,14,16-32H2,1-2H3,(H,43,44)(H2,40,41,42)/p-3/b15-13-/t33-,34+/m0/s1. The third kappa shape index (κ3) is 37.0. The van der Waals surface area contributed by atoms with Crippen molar-refractivity contribution in [1.29, 1.82) is 0 Å². The lowest BCUT2D eigenvalue weighted by Crippen LogP contribution is -2.31. The van der Waals surface area contributed by atoms with Gasteiger partial charge in [0.15, 0.2) is 6.10 Å². The van der Waals surface area contributed by atoms with E-state index in [2.05, 4.69) is 35.0 Å². The Balaban J connectivity index is 4.59. The van der Waals surface area contributed by atoms with Gasteiger partial charge in [-0.3, -0.25) is 14.2 Å². The summed E-state index contributed by atoms with van der Waals surface area (Å²) in [6.07, 6.45) is 26.0. The van der Waals surface area contributed by atoms with Crippen molar-refractivity contribution in [2.24, 2.45) is 0 Å². The molecule has 1 N–H and O–H groups in total. The molecule has 0 aliphatic carbocycles. The largest absolute Gasteiger partial charge is 0.790 e. The van der Waals surface area contributed by atoms with Gasteiger partial charge >= 0.3 is 11.9 Å². The molecule has 0 radical (unpaired) electrons. The Hall–Kier alpha value is -1.14. The van der Waals surface area contributed by atoms with Gasteiger partial charge < -0.3 is 47.4 Å². The van der Waals surface area contributed by atoms with E-state index in [1.54, 1.807) is 0 Å². The highest BCUT2D eigenvalue weighted by Gasteiger charge is 2.22. The molecule has 0 aliphatic rings. The number of ether oxygens (including phenoxy) is 2. The zero-order valence-corrected chi connectivity index (χ0v) is 33.1. The number of phosphoric acid groups is 2. The van der Waals surface area contributed by atoms with Gasteiger partial charge in [-0.15, -0.1) is 0 Å². The summed E-state index contributed by atoms with van der Waals surface area (Å²) in [5.74, 6) is -1.10. The number of aliphatic hydroxyl groups is 1. The van der Waals surface area contributed by atoms with Crippen molar-refractivity contribution in [3.8, 4) is 0 Å². The van der Waals surface area contributed by atoms with Crippen molar-refractivity contribution in [1.82, 2.24) is 0 Å². The molecule has 0 heterocycles. The molecule has 15 heteroatoms. The average Bonchev–Trinajstić information content (AvgIpc) is 3.08. The van der Waals surface area contributed by atoms with Crippen LogP contribution in [-0.4, -0.2) is 55.7 Å². The number of carbonyl (C=O) groups is 2. The molecule has 0 aromatic heterocycles. The topological polar surface area (TPSA) is 204 Å². The number of aliphatic hydroxyl groups excluding tert-OH is 1. The van der Waals surface area contributed by atoms with E-state index in [1.807, 2.05) is 0 Å². The van der Waals surface area contributed by atoms with Crippen LogP contribution in [0.3, 0.4) is 0 Å². The maximum atomic E-state index is 12.5. The third-order valence-corrected chi connectivity index (χ3v) is 9.52. The average molecular weight is 770 g/mol. The Kier molecular flexibility index (Phi) is 32.7. The lowest BCUT2D eigenvalue weighted by molar-refractivity contribution is -0.342. The number of hydrogen-bond acceptors (Lipinski definition) is 13. The molecule has 302 valence electrons. The van der Waals surface area contributed by atoms with Gasteiger partial charge in [0.05, 0.1) is 27.6 Å². The maximum absolute atomic E-state index is 12.5. The summed E-state index contributed by atoms with van der Waals surface area (Å²) in [5, 5.41) is 9.62. The molecule has 0 amide bonds. The Bertz CT molecular complexity index is 973. The maximum Gasteiger partial charge on any atom is 0.306 e. The minimum Gasteiger partial charge on any atom is -0.790 e. The molecule has 0 spiro atoms. The molecule has 0 rings (SSSR count). The van der Waals surface area contributed by atoms with Gasteiger partial charge in [0, 0.05) is 12.8 Å². The summed E-state index contributed by atoms with van der Waals surface area (Å²) in [6.45, 7) is 1.32. The first-order valence-corrected chi connectivity index (χ1v) is 22.3. The van der Waals surface area contributed by atoms with Crippen LogP contribution >= 0.6 is 15.6 Å². The van der Waals surface area contributed by atoms with Crippen LogP contribution < -0.4 is 14.7 Å². The zero-order chi connectivity index (χ0) is 38.1. The second kappa shape index (κ2) is 33.4. The molecule has 0 aromatic rings. The molecule has 51 heavy (non-hydrogen) atoms. The molecule has 0 saturated heterocycles. The van der Waals surface area contributed by atoms with Crippen molar-refractivity contribution in [2.75, 3.05) is 26.4 Å². The van der Waals surface area contributed by atoms with E-state index < -0.39 is 66.2 Å². The highest BCUT2D eigenvalue weighted by atomic mass is 31.2. The summed E-state index contributed by atoms with van der Waals surface area (Å²) in [7, 11) is -10.4. The van der Waals surface area contributed by atoms with Gasteiger partial charge in [-0.2, -0.15) is 0 Å². The van der Waals surface area contributed by atoms with Gasteiger partial charge in [0.2, 0.25) is 0 Å². The first-order chi connectivity index (χ1) is 24.4. The third-order valence-electron chi connectivity index (χ3n) is 8.12. The van der Waals surface area contributed by atoms with Crippen LogP contribution in [-0.2, 0) is 41.8 Å². The van der Waals surface area contributed by atoms with Crippen molar-refractivity contribution in [3.05, 3.63) is 12.2 Å². The first kappa shape index (κ1) is 49.9. The SMILES string of the molecule is CCCCCC/C=C\CCCCCCCC(=O)O[C@H](COC(=O)CCCCCCCCCCCCC)COP(=O)([O-])OC[C@@H](O)COP(=O)([O-])[O-]. The summed E-state index contributed by atoms with van der Waals surface area (Å²) in [5.41, 5.74) is 0. The minimum absolute atomic E-state index is 0.0991. The van der Waals surface area contributed by atoms with Crippen LogP contribution in [0.4, 0.5) is 0 Å². The van der Waals surface area contributed by atoms with Crippen molar-refractivity contribution in [2.45, 2.75) is 180 Å². The van der Waals surface area contributed by atoms with Crippen LogP contribution in [0.15, 0.2) is 12.2 Å². The van der Waals surface area contributed by atoms with Gasteiger partial charge in [-0.1, -0.05) is 129 Å². The van der Waals surface area contributed by atoms with Crippen LogP contribution in [0.1, 0.15) is 168 Å². The number of rotatable bonds is 37. The van der Waals surface area contributed by atoms with E-state index in [-0.39, 0.29) is 12.8 Å². The lowest BCUT2D eigenvalue weighted by Gasteiger charge is -2.30.